The zero-order valence-electron chi connectivity index (χ0n) is 16.1. The zero-order valence-corrected chi connectivity index (χ0v) is 16.1. The molecule has 0 fully saturated rings. The van der Waals surface area contributed by atoms with Gasteiger partial charge in [-0.2, -0.15) is 0 Å². The maximum atomic E-state index is 11.5. The van der Waals surface area contributed by atoms with E-state index >= 15 is 0 Å². The second-order valence-electron chi connectivity index (χ2n) is 6.47. The first-order chi connectivity index (χ1) is 14.1. The van der Waals surface area contributed by atoms with E-state index in [-0.39, 0.29) is 5.91 Å². The van der Waals surface area contributed by atoms with Gasteiger partial charge in [0, 0.05) is 47.3 Å². The molecule has 0 saturated carbocycles. The highest BCUT2D eigenvalue weighted by molar-refractivity contribution is 6.04. The summed E-state index contributed by atoms with van der Waals surface area (Å²) in [6.45, 7) is 1.62. The third-order valence-electron chi connectivity index (χ3n) is 4.47. The Kier molecular flexibility index (Phi) is 4.95. The first-order valence-corrected chi connectivity index (χ1v) is 9.12. The van der Waals surface area contributed by atoms with Crippen LogP contribution >= 0.6 is 0 Å². The molecule has 0 aliphatic carbocycles. The van der Waals surface area contributed by atoms with Gasteiger partial charge in [-0.1, -0.05) is 24.1 Å². The molecule has 2 aromatic carbocycles. The summed E-state index contributed by atoms with van der Waals surface area (Å²) >= 11 is 0. The quantitative estimate of drug-likeness (QED) is 0.516. The molecule has 0 saturated heterocycles. The molecule has 2 aromatic heterocycles. The largest absolute Gasteiger partial charge is 0.350 e. The highest BCUT2D eigenvalue weighted by Crippen LogP contribution is 2.29. The van der Waals surface area contributed by atoms with Gasteiger partial charge in [-0.05, 0) is 49.2 Å². The van der Waals surface area contributed by atoms with Gasteiger partial charge in [-0.3, -0.25) is 4.79 Å². The van der Waals surface area contributed by atoms with Gasteiger partial charge in [0.25, 0.3) is 5.91 Å². The van der Waals surface area contributed by atoms with E-state index in [2.05, 4.69) is 55.3 Å². The van der Waals surface area contributed by atoms with Crippen LogP contribution in [0.25, 0.3) is 22.2 Å². The molecule has 0 atom stereocenters. The van der Waals surface area contributed by atoms with E-state index in [1.54, 1.807) is 25.3 Å². The molecule has 0 aliphatic heterocycles. The Morgan fingerprint density at radius 2 is 1.79 bits per heavy atom. The number of aryl methyl sites for hydroxylation is 1. The Labute approximate surface area is 168 Å². The number of hydrogen-bond donors (Lipinski definition) is 2. The number of fused-ring (bicyclic) bond motifs is 1. The van der Waals surface area contributed by atoms with Gasteiger partial charge in [0.2, 0.25) is 5.95 Å². The van der Waals surface area contributed by atoms with Gasteiger partial charge in [-0.25, -0.2) is 9.97 Å². The second-order valence-corrected chi connectivity index (χ2v) is 6.47. The van der Waals surface area contributed by atoms with Crippen molar-refractivity contribution in [2.45, 2.75) is 6.92 Å². The van der Waals surface area contributed by atoms with E-state index < -0.39 is 0 Å². The summed E-state index contributed by atoms with van der Waals surface area (Å²) in [5.74, 6) is 5.19. The van der Waals surface area contributed by atoms with Crippen LogP contribution in [0, 0.1) is 11.8 Å². The molecule has 2 N–H and O–H groups in total. The lowest BCUT2D eigenvalue weighted by molar-refractivity contribution is -0.111. The van der Waals surface area contributed by atoms with Gasteiger partial charge in [0.15, 0.2) is 0 Å². The third-order valence-corrected chi connectivity index (χ3v) is 4.47. The first kappa shape index (κ1) is 18.3. The molecule has 1 amide bonds. The zero-order chi connectivity index (χ0) is 20.2. The molecule has 0 unspecified atom stereocenters. The lowest BCUT2D eigenvalue weighted by atomic mass is 10.1. The van der Waals surface area contributed by atoms with E-state index in [1.165, 1.54) is 0 Å². The molecule has 0 radical (unpaired) electrons. The molecule has 2 heterocycles. The Morgan fingerprint density at radius 3 is 2.59 bits per heavy atom. The van der Waals surface area contributed by atoms with Gasteiger partial charge in [0.1, 0.15) is 0 Å². The predicted octanol–water partition coefficient (Wildman–Crippen LogP) is 4.34. The first-order valence-electron chi connectivity index (χ1n) is 9.12. The number of hydrogen-bond acceptors (Lipinski definition) is 4. The van der Waals surface area contributed by atoms with Crippen molar-refractivity contribution in [1.82, 2.24) is 14.5 Å². The van der Waals surface area contributed by atoms with Crippen molar-refractivity contribution in [3.8, 4) is 23.1 Å². The number of benzene rings is 2. The summed E-state index contributed by atoms with van der Waals surface area (Å²) in [7, 11) is 2.03. The average molecular weight is 381 g/mol. The molecule has 4 rings (SSSR count). The number of nitrogens with zero attached hydrogens (tertiary/aromatic N) is 3. The van der Waals surface area contributed by atoms with E-state index in [4.69, 9.17) is 0 Å². The van der Waals surface area contributed by atoms with Crippen LogP contribution in [-0.4, -0.2) is 20.4 Å². The summed E-state index contributed by atoms with van der Waals surface area (Å²) in [6, 6.07) is 17.4. The lowest BCUT2D eigenvalue weighted by Gasteiger charge is -2.07. The number of aromatic nitrogens is 3. The summed E-state index contributed by atoms with van der Waals surface area (Å²) in [6.07, 6.45) is 3.82. The predicted molar refractivity (Wildman–Crippen MR) is 116 cm³/mol. The maximum absolute atomic E-state index is 11.5. The minimum Gasteiger partial charge on any atom is -0.350 e. The Balaban J connectivity index is 1.56. The lowest BCUT2D eigenvalue weighted by Crippen LogP contribution is -2.08. The smallest absolute Gasteiger partial charge is 0.300 e. The Bertz CT molecular complexity index is 1250. The molecule has 6 nitrogen and oxygen atoms in total. The summed E-state index contributed by atoms with van der Waals surface area (Å²) in [5, 5.41) is 7.06. The molecule has 0 aliphatic rings. The minimum atomic E-state index is -0.334. The molecule has 4 aromatic rings. The van der Waals surface area contributed by atoms with Crippen LogP contribution in [0.1, 0.15) is 6.92 Å². The van der Waals surface area contributed by atoms with Crippen molar-refractivity contribution in [2.24, 2.45) is 7.05 Å². The maximum Gasteiger partial charge on any atom is 0.300 e. The van der Waals surface area contributed by atoms with Crippen molar-refractivity contribution in [3.05, 3.63) is 67.0 Å². The number of para-hydroxylation sites is 1. The van der Waals surface area contributed by atoms with Crippen molar-refractivity contribution in [3.63, 3.8) is 0 Å². The summed E-state index contributed by atoms with van der Waals surface area (Å²) in [5.41, 5.74) is 4.55. The van der Waals surface area contributed by atoms with Crippen LogP contribution in [0.3, 0.4) is 0 Å². The fourth-order valence-corrected chi connectivity index (χ4v) is 3.16. The van der Waals surface area contributed by atoms with Crippen LogP contribution in [0.2, 0.25) is 0 Å². The van der Waals surface area contributed by atoms with E-state index in [1.807, 2.05) is 37.4 Å². The van der Waals surface area contributed by atoms with Crippen LogP contribution in [0.5, 0.6) is 0 Å². The van der Waals surface area contributed by atoms with Crippen LogP contribution in [0.4, 0.5) is 17.3 Å². The van der Waals surface area contributed by atoms with E-state index in [0.29, 0.717) is 11.6 Å². The van der Waals surface area contributed by atoms with E-state index in [0.717, 1.165) is 27.8 Å². The van der Waals surface area contributed by atoms with Gasteiger partial charge < -0.3 is 15.2 Å². The minimum absolute atomic E-state index is 0.334. The fourth-order valence-electron chi connectivity index (χ4n) is 3.16. The number of nitrogens with one attached hydrogen (secondary N) is 2. The van der Waals surface area contributed by atoms with E-state index in [9.17, 15) is 4.79 Å². The second kappa shape index (κ2) is 7.87. The van der Waals surface area contributed by atoms with Gasteiger partial charge in [0.05, 0.1) is 5.69 Å². The van der Waals surface area contributed by atoms with Crippen molar-refractivity contribution >= 4 is 34.1 Å². The monoisotopic (exact) mass is 381 g/mol. The van der Waals surface area contributed by atoms with Gasteiger partial charge >= 0.3 is 0 Å². The van der Waals surface area contributed by atoms with Crippen LogP contribution in [0.15, 0.2) is 67.0 Å². The highest BCUT2D eigenvalue weighted by atomic mass is 16.1. The molecular formula is C23H19N5O. The normalized spacial score (nSPS) is 10.3. The number of rotatable bonds is 4. The molecular weight excluding hydrogens is 362 g/mol. The molecule has 142 valence electrons. The molecule has 0 spiro atoms. The van der Waals surface area contributed by atoms with Crippen molar-refractivity contribution < 1.29 is 4.79 Å². The standard InChI is InChI=1S/C23H19N5O/c1-3-6-22(29)25-16-9-11-17(12-10-16)26-23-24-14-13-20(27-23)19-15-28(2)21-8-5-4-7-18(19)21/h4-5,7-15H,1-2H3,(H,25,29)(H,24,26,27). The SMILES string of the molecule is CC#CC(=O)Nc1ccc(Nc2nccc(-c3cn(C)c4ccccc34)n2)cc1. The van der Waals surface area contributed by atoms with Crippen LogP contribution < -0.4 is 10.6 Å². The molecule has 6 heteroatoms. The fraction of sp³-hybridized carbons (Fsp3) is 0.0870. The third kappa shape index (κ3) is 3.94. The van der Waals surface area contributed by atoms with Crippen LogP contribution in [-0.2, 0) is 11.8 Å². The summed E-state index contributed by atoms with van der Waals surface area (Å²) < 4.78 is 2.09. The molecule has 0 bridgehead atoms. The number of carbonyl (C=O) groups excluding carboxylic acids is 1. The van der Waals surface area contributed by atoms with Crippen molar-refractivity contribution in [2.75, 3.05) is 10.6 Å². The highest BCUT2D eigenvalue weighted by Gasteiger charge is 2.10. The number of amides is 1. The number of anilines is 3. The average Bonchev–Trinajstić information content (AvgIpc) is 3.07. The number of carbonyl (C=O) groups is 1. The van der Waals surface area contributed by atoms with Crippen molar-refractivity contribution in [1.29, 1.82) is 0 Å². The Morgan fingerprint density at radius 1 is 1.03 bits per heavy atom. The van der Waals surface area contributed by atoms with Gasteiger partial charge in [-0.15, -0.1) is 0 Å². The summed E-state index contributed by atoms with van der Waals surface area (Å²) in [4.78, 5) is 20.5. The Hall–Kier alpha value is -4.11. The molecule has 29 heavy (non-hydrogen) atoms. The topological polar surface area (TPSA) is 71.8 Å².